The minimum absolute atomic E-state index is 0.623. The van der Waals surface area contributed by atoms with Crippen molar-refractivity contribution in [2.45, 2.75) is 45.7 Å². The molecule has 3 rings (SSSR count). The first-order valence-corrected chi connectivity index (χ1v) is 7.90. The number of aromatic amines is 1. The maximum absolute atomic E-state index is 4.20. The predicted molar refractivity (Wildman–Crippen MR) is 84.6 cm³/mol. The van der Waals surface area contributed by atoms with Gasteiger partial charge in [-0.05, 0) is 43.2 Å². The van der Waals surface area contributed by atoms with Crippen LogP contribution in [0.2, 0.25) is 0 Å². The molecule has 0 bridgehead atoms. The quantitative estimate of drug-likeness (QED) is 0.905. The Hall–Kier alpha value is -1.68. The third kappa shape index (κ3) is 3.32. The summed E-state index contributed by atoms with van der Waals surface area (Å²) in [4.78, 5) is 4.18. The highest BCUT2D eigenvalue weighted by Gasteiger charge is 2.25. The summed E-state index contributed by atoms with van der Waals surface area (Å²) in [5.74, 6) is 1.63. The lowest BCUT2D eigenvalue weighted by atomic mass is 9.80. The van der Waals surface area contributed by atoms with E-state index in [-0.39, 0.29) is 0 Å². The van der Waals surface area contributed by atoms with Gasteiger partial charge in [-0.3, -0.25) is 10.1 Å². The van der Waals surface area contributed by atoms with Gasteiger partial charge in [0, 0.05) is 36.1 Å². The van der Waals surface area contributed by atoms with Gasteiger partial charge in [-0.1, -0.05) is 13.8 Å². The molecule has 0 aliphatic heterocycles. The molecule has 1 saturated carbocycles. The van der Waals surface area contributed by atoms with Crippen LogP contribution < -0.4 is 5.32 Å². The third-order valence-electron chi connectivity index (χ3n) is 4.65. The van der Waals surface area contributed by atoms with Gasteiger partial charge in [0.2, 0.25) is 0 Å². The van der Waals surface area contributed by atoms with Crippen LogP contribution in [0.15, 0.2) is 30.7 Å². The van der Waals surface area contributed by atoms with E-state index in [2.05, 4.69) is 40.4 Å². The van der Waals surface area contributed by atoms with E-state index < -0.39 is 0 Å². The fourth-order valence-corrected chi connectivity index (χ4v) is 3.42. The van der Waals surface area contributed by atoms with Crippen molar-refractivity contribution in [1.29, 1.82) is 0 Å². The van der Waals surface area contributed by atoms with Crippen molar-refractivity contribution in [1.82, 2.24) is 20.5 Å². The monoisotopic (exact) mass is 284 g/mol. The van der Waals surface area contributed by atoms with Crippen LogP contribution in [0.1, 0.15) is 38.7 Å². The van der Waals surface area contributed by atoms with Crippen molar-refractivity contribution in [2.24, 2.45) is 11.8 Å². The van der Waals surface area contributed by atoms with Crippen molar-refractivity contribution >= 4 is 0 Å². The van der Waals surface area contributed by atoms with Crippen molar-refractivity contribution in [2.75, 3.05) is 0 Å². The first-order valence-electron chi connectivity index (χ1n) is 7.90. The van der Waals surface area contributed by atoms with E-state index in [9.17, 15) is 0 Å². The summed E-state index contributed by atoms with van der Waals surface area (Å²) in [7, 11) is 0. The number of H-pyrrole nitrogens is 1. The van der Waals surface area contributed by atoms with E-state index in [4.69, 9.17) is 0 Å². The summed E-state index contributed by atoms with van der Waals surface area (Å²) >= 11 is 0. The van der Waals surface area contributed by atoms with Crippen LogP contribution in [0.5, 0.6) is 0 Å². The van der Waals surface area contributed by atoms with Gasteiger partial charge in [0.25, 0.3) is 0 Å². The van der Waals surface area contributed by atoms with Crippen LogP contribution in [0.25, 0.3) is 11.3 Å². The summed E-state index contributed by atoms with van der Waals surface area (Å²) in [6.07, 6.45) is 9.54. The van der Waals surface area contributed by atoms with E-state index in [0.717, 1.165) is 29.6 Å². The molecule has 21 heavy (non-hydrogen) atoms. The average molecular weight is 284 g/mol. The normalized spacial score (nSPS) is 25.9. The van der Waals surface area contributed by atoms with Gasteiger partial charge in [-0.2, -0.15) is 5.10 Å². The Morgan fingerprint density at radius 3 is 2.95 bits per heavy atom. The molecule has 4 nitrogen and oxygen atoms in total. The highest BCUT2D eigenvalue weighted by molar-refractivity contribution is 5.61. The second kappa shape index (κ2) is 6.39. The van der Waals surface area contributed by atoms with Crippen LogP contribution in [0, 0.1) is 11.8 Å². The molecule has 0 aromatic carbocycles. The van der Waals surface area contributed by atoms with Gasteiger partial charge in [-0.15, -0.1) is 0 Å². The van der Waals surface area contributed by atoms with E-state index >= 15 is 0 Å². The molecule has 2 aromatic heterocycles. The average Bonchev–Trinajstić information content (AvgIpc) is 2.96. The number of nitrogens with zero attached hydrogens (tertiary/aromatic N) is 2. The zero-order chi connectivity index (χ0) is 14.7. The Morgan fingerprint density at radius 2 is 2.19 bits per heavy atom. The van der Waals surface area contributed by atoms with Crippen LogP contribution in [0.3, 0.4) is 0 Å². The lowest BCUT2D eigenvalue weighted by molar-refractivity contribution is 0.227. The number of hydrogen-bond acceptors (Lipinski definition) is 3. The Bertz CT molecular complexity index is 563. The Balaban J connectivity index is 1.65. The van der Waals surface area contributed by atoms with Gasteiger partial charge < -0.3 is 5.32 Å². The van der Waals surface area contributed by atoms with E-state index in [1.807, 2.05) is 18.5 Å². The lowest BCUT2D eigenvalue weighted by Crippen LogP contribution is -2.38. The van der Waals surface area contributed by atoms with E-state index in [1.165, 1.54) is 24.8 Å². The molecule has 0 spiro atoms. The van der Waals surface area contributed by atoms with Crippen molar-refractivity contribution < 1.29 is 0 Å². The molecule has 2 N–H and O–H groups in total. The zero-order valence-corrected chi connectivity index (χ0v) is 12.8. The van der Waals surface area contributed by atoms with Crippen LogP contribution >= 0.6 is 0 Å². The predicted octanol–water partition coefficient (Wildman–Crippen LogP) is 3.39. The topological polar surface area (TPSA) is 53.6 Å². The summed E-state index contributed by atoms with van der Waals surface area (Å²) < 4.78 is 0. The Labute approximate surface area is 126 Å². The molecule has 1 aliphatic carbocycles. The summed E-state index contributed by atoms with van der Waals surface area (Å²) in [6.45, 7) is 5.60. The van der Waals surface area contributed by atoms with Gasteiger partial charge in [0.15, 0.2) is 0 Å². The molecule has 0 amide bonds. The SMILES string of the molecule is CC1CCC(NCc2cn[nH]c2-c2cccnc2)C(C)C1. The number of aromatic nitrogens is 3. The minimum atomic E-state index is 0.623. The van der Waals surface area contributed by atoms with Crippen molar-refractivity contribution in [3.8, 4) is 11.3 Å². The van der Waals surface area contributed by atoms with Crippen molar-refractivity contribution in [3.05, 3.63) is 36.3 Å². The van der Waals surface area contributed by atoms with E-state index in [1.54, 1.807) is 6.20 Å². The van der Waals surface area contributed by atoms with E-state index in [0.29, 0.717) is 6.04 Å². The first-order chi connectivity index (χ1) is 10.2. The molecule has 112 valence electrons. The maximum Gasteiger partial charge on any atom is 0.0710 e. The molecule has 3 unspecified atom stereocenters. The highest BCUT2D eigenvalue weighted by Crippen LogP contribution is 2.29. The molecule has 2 aromatic rings. The fraction of sp³-hybridized carbons (Fsp3) is 0.529. The second-order valence-corrected chi connectivity index (χ2v) is 6.39. The molecule has 1 aliphatic rings. The zero-order valence-electron chi connectivity index (χ0n) is 12.8. The summed E-state index contributed by atoms with van der Waals surface area (Å²) in [5, 5.41) is 11.0. The highest BCUT2D eigenvalue weighted by atomic mass is 15.1. The molecular formula is C17H24N4. The molecule has 3 atom stereocenters. The van der Waals surface area contributed by atoms with Crippen LogP contribution in [0.4, 0.5) is 0 Å². The molecular weight excluding hydrogens is 260 g/mol. The number of hydrogen-bond donors (Lipinski definition) is 2. The summed E-state index contributed by atoms with van der Waals surface area (Å²) in [6, 6.07) is 4.64. The molecule has 0 radical (unpaired) electrons. The molecule has 2 heterocycles. The molecule has 0 saturated heterocycles. The maximum atomic E-state index is 4.20. The number of nitrogens with one attached hydrogen (secondary N) is 2. The van der Waals surface area contributed by atoms with Crippen LogP contribution in [-0.4, -0.2) is 21.2 Å². The Morgan fingerprint density at radius 1 is 1.29 bits per heavy atom. The number of rotatable bonds is 4. The smallest absolute Gasteiger partial charge is 0.0710 e. The minimum Gasteiger partial charge on any atom is -0.310 e. The lowest BCUT2D eigenvalue weighted by Gasteiger charge is -2.33. The Kier molecular flexibility index (Phi) is 4.34. The standard InChI is InChI=1S/C17H24N4/c1-12-5-6-16(13(2)8-12)19-10-15-11-20-21-17(15)14-4-3-7-18-9-14/h3-4,7,9,11-13,16,19H,5-6,8,10H2,1-2H3,(H,20,21). The van der Waals surface area contributed by atoms with Gasteiger partial charge in [0.1, 0.15) is 0 Å². The van der Waals surface area contributed by atoms with Gasteiger partial charge in [-0.25, -0.2) is 0 Å². The van der Waals surface area contributed by atoms with Gasteiger partial charge in [0.05, 0.1) is 11.9 Å². The molecule has 1 fully saturated rings. The molecule has 4 heteroatoms. The summed E-state index contributed by atoms with van der Waals surface area (Å²) in [5.41, 5.74) is 3.39. The third-order valence-corrected chi connectivity index (χ3v) is 4.65. The van der Waals surface area contributed by atoms with Crippen molar-refractivity contribution in [3.63, 3.8) is 0 Å². The largest absolute Gasteiger partial charge is 0.310 e. The number of pyridine rings is 1. The first kappa shape index (κ1) is 14.3. The van der Waals surface area contributed by atoms with Crippen LogP contribution in [-0.2, 0) is 6.54 Å². The second-order valence-electron chi connectivity index (χ2n) is 6.39. The fourth-order valence-electron chi connectivity index (χ4n) is 3.42. The van der Waals surface area contributed by atoms with Gasteiger partial charge >= 0.3 is 0 Å².